The second-order valence-corrected chi connectivity index (χ2v) is 7.12. The van der Waals surface area contributed by atoms with Crippen LogP contribution in [0, 0.1) is 6.92 Å². The van der Waals surface area contributed by atoms with Crippen molar-refractivity contribution >= 4 is 23.9 Å². The summed E-state index contributed by atoms with van der Waals surface area (Å²) in [7, 11) is 3.31. The van der Waals surface area contributed by atoms with Crippen molar-refractivity contribution in [1.29, 1.82) is 0 Å². The zero-order valence-electron chi connectivity index (χ0n) is 16.0. The average Bonchev–Trinajstić information content (AvgIpc) is 3.09. The lowest BCUT2D eigenvalue weighted by atomic mass is 10.1. The number of aromatic nitrogens is 3. The molecule has 0 amide bonds. The van der Waals surface area contributed by atoms with E-state index in [1.54, 1.807) is 26.0 Å². The van der Waals surface area contributed by atoms with Crippen molar-refractivity contribution in [3.8, 4) is 17.2 Å². The van der Waals surface area contributed by atoms with Gasteiger partial charge >= 0.3 is 0 Å². The molecule has 1 heterocycles. The molecule has 140 valence electrons. The van der Waals surface area contributed by atoms with E-state index in [4.69, 9.17) is 9.47 Å². The Labute approximate surface area is 164 Å². The van der Waals surface area contributed by atoms with Gasteiger partial charge in [-0.3, -0.25) is 4.57 Å². The maximum Gasteiger partial charge on any atom is 0.196 e. The minimum Gasteiger partial charge on any atom is -0.497 e. The number of thioether (sulfide) groups is 1. The fourth-order valence-electron chi connectivity index (χ4n) is 2.68. The molecule has 0 spiro atoms. The van der Waals surface area contributed by atoms with E-state index in [2.05, 4.69) is 52.9 Å². The van der Waals surface area contributed by atoms with Gasteiger partial charge in [-0.25, -0.2) is 0 Å². The molecular formula is C21H23N3O2S. The van der Waals surface area contributed by atoms with E-state index in [1.165, 1.54) is 5.56 Å². The summed E-state index contributed by atoms with van der Waals surface area (Å²) in [5.74, 6) is 3.24. The summed E-state index contributed by atoms with van der Waals surface area (Å²) in [5.41, 5.74) is 3.17. The van der Waals surface area contributed by atoms with E-state index in [-0.39, 0.29) is 0 Å². The summed E-state index contributed by atoms with van der Waals surface area (Å²) in [5, 5.41) is 9.62. The Bertz CT molecular complexity index is 933. The summed E-state index contributed by atoms with van der Waals surface area (Å²) < 4.78 is 12.8. The molecule has 1 aromatic heterocycles. The Hall–Kier alpha value is -2.73. The molecule has 27 heavy (non-hydrogen) atoms. The van der Waals surface area contributed by atoms with Gasteiger partial charge in [0.15, 0.2) is 11.0 Å². The highest BCUT2D eigenvalue weighted by Gasteiger charge is 2.12. The first kappa shape index (κ1) is 19.0. The molecule has 0 N–H and O–H groups in total. The molecule has 0 aliphatic rings. The molecule has 0 fully saturated rings. The molecule has 0 atom stereocenters. The number of benzene rings is 2. The van der Waals surface area contributed by atoms with Crippen LogP contribution in [-0.4, -0.2) is 34.7 Å². The summed E-state index contributed by atoms with van der Waals surface area (Å²) in [6.07, 6.45) is 3.92. The first-order valence-electron chi connectivity index (χ1n) is 8.71. The van der Waals surface area contributed by atoms with Crippen molar-refractivity contribution in [1.82, 2.24) is 14.8 Å². The van der Waals surface area contributed by atoms with E-state index in [9.17, 15) is 0 Å². The predicted octanol–water partition coefficient (Wildman–Crippen LogP) is 4.88. The molecule has 0 unspecified atom stereocenters. The molecule has 2 aromatic carbocycles. The van der Waals surface area contributed by atoms with Crippen molar-refractivity contribution in [2.45, 2.75) is 19.0 Å². The van der Waals surface area contributed by atoms with Gasteiger partial charge in [0.05, 0.1) is 14.2 Å². The van der Waals surface area contributed by atoms with Gasteiger partial charge in [-0.2, -0.15) is 0 Å². The van der Waals surface area contributed by atoms with Crippen LogP contribution in [0.2, 0.25) is 0 Å². The van der Waals surface area contributed by atoms with E-state index in [1.807, 2.05) is 30.4 Å². The van der Waals surface area contributed by atoms with E-state index in [0.29, 0.717) is 0 Å². The van der Waals surface area contributed by atoms with E-state index >= 15 is 0 Å². The number of hydrogen-bond donors (Lipinski definition) is 0. The Morgan fingerprint density at radius 3 is 2.44 bits per heavy atom. The van der Waals surface area contributed by atoms with Gasteiger partial charge in [-0.05, 0) is 55.2 Å². The molecule has 0 saturated heterocycles. The van der Waals surface area contributed by atoms with Crippen LogP contribution in [0.5, 0.6) is 11.5 Å². The molecule has 3 rings (SSSR count). The normalized spacial score (nSPS) is 11.1. The van der Waals surface area contributed by atoms with Crippen LogP contribution < -0.4 is 9.47 Å². The van der Waals surface area contributed by atoms with Crippen LogP contribution in [0.25, 0.3) is 17.8 Å². The smallest absolute Gasteiger partial charge is 0.196 e. The Balaban J connectivity index is 2.02. The van der Waals surface area contributed by atoms with Crippen LogP contribution in [-0.2, 0) is 0 Å². The second kappa shape index (κ2) is 8.77. The zero-order valence-corrected chi connectivity index (χ0v) is 16.8. The van der Waals surface area contributed by atoms with Crippen molar-refractivity contribution < 1.29 is 9.47 Å². The highest BCUT2D eigenvalue weighted by atomic mass is 32.2. The maximum absolute atomic E-state index is 5.45. The van der Waals surface area contributed by atoms with Gasteiger partial charge in [-0.1, -0.05) is 36.4 Å². The zero-order chi connectivity index (χ0) is 19.2. The standard InChI is InChI=1S/C21H23N3O2S/c1-5-27-21-23-22-20(24(21)17-9-6-15(2)7-10-17)13-8-16-14-18(25-3)11-12-19(16)26-4/h6-14H,5H2,1-4H3/b13-8+. The molecule has 6 heteroatoms. The molecule has 3 aromatic rings. The molecule has 0 saturated carbocycles. The van der Waals surface area contributed by atoms with Gasteiger partial charge in [-0.15, -0.1) is 10.2 Å². The van der Waals surface area contributed by atoms with Crippen molar-refractivity contribution in [2.24, 2.45) is 0 Å². The van der Waals surface area contributed by atoms with Crippen LogP contribution >= 0.6 is 11.8 Å². The number of aryl methyl sites for hydroxylation is 1. The fraction of sp³-hybridized carbons (Fsp3) is 0.238. The number of ether oxygens (including phenoxy) is 2. The van der Waals surface area contributed by atoms with Crippen molar-refractivity contribution in [3.63, 3.8) is 0 Å². The first-order valence-corrected chi connectivity index (χ1v) is 9.70. The lowest BCUT2D eigenvalue weighted by Gasteiger charge is -2.09. The molecule has 0 aliphatic heterocycles. The number of nitrogens with zero attached hydrogens (tertiary/aromatic N) is 3. The minimum atomic E-state index is 0.764. The number of rotatable bonds is 7. The van der Waals surface area contributed by atoms with Crippen molar-refractivity contribution in [3.05, 3.63) is 59.4 Å². The van der Waals surface area contributed by atoms with Crippen LogP contribution in [0.3, 0.4) is 0 Å². The third-order valence-corrected chi connectivity index (χ3v) is 4.88. The molecule has 0 aliphatic carbocycles. The lowest BCUT2D eigenvalue weighted by Crippen LogP contribution is -1.99. The van der Waals surface area contributed by atoms with Gasteiger partial charge in [0.2, 0.25) is 0 Å². The van der Waals surface area contributed by atoms with Crippen LogP contribution in [0.15, 0.2) is 47.6 Å². The summed E-state index contributed by atoms with van der Waals surface area (Å²) in [4.78, 5) is 0. The molecular weight excluding hydrogens is 358 g/mol. The number of hydrogen-bond acceptors (Lipinski definition) is 5. The minimum absolute atomic E-state index is 0.764. The van der Waals surface area contributed by atoms with Crippen molar-refractivity contribution in [2.75, 3.05) is 20.0 Å². The van der Waals surface area contributed by atoms with Gasteiger partial charge < -0.3 is 9.47 Å². The predicted molar refractivity (Wildman–Crippen MR) is 111 cm³/mol. The highest BCUT2D eigenvalue weighted by Crippen LogP contribution is 2.27. The summed E-state index contributed by atoms with van der Waals surface area (Å²) in [6.45, 7) is 4.18. The quantitative estimate of drug-likeness (QED) is 0.546. The van der Waals surface area contributed by atoms with E-state index in [0.717, 1.165) is 39.5 Å². The van der Waals surface area contributed by atoms with Gasteiger partial charge in [0.25, 0.3) is 0 Å². The Kier molecular flexibility index (Phi) is 6.19. The molecule has 0 radical (unpaired) electrons. The second-order valence-electron chi connectivity index (χ2n) is 5.89. The third-order valence-electron chi connectivity index (χ3n) is 4.07. The maximum atomic E-state index is 5.45. The monoisotopic (exact) mass is 381 g/mol. The Morgan fingerprint density at radius 1 is 1.00 bits per heavy atom. The molecule has 5 nitrogen and oxygen atoms in total. The third kappa shape index (κ3) is 4.34. The fourth-order valence-corrected chi connectivity index (χ4v) is 3.37. The van der Waals surface area contributed by atoms with Crippen LogP contribution in [0.4, 0.5) is 0 Å². The Morgan fingerprint density at radius 2 is 1.78 bits per heavy atom. The lowest BCUT2D eigenvalue weighted by molar-refractivity contribution is 0.402. The molecule has 0 bridgehead atoms. The first-order chi connectivity index (χ1) is 13.2. The van der Waals surface area contributed by atoms with Crippen LogP contribution in [0.1, 0.15) is 23.9 Å². The highest BCUT2D eigenvalue weighted by molar-refractivity contribution is 7.99. The van der Waals surface area contributed by atoms with E-state index < -0.39 is 0 Å². The SMILES string of the molecule is CCSc1nnc(/C=C/c2cc(OC)ccc2OC)n1-c1ccc(C)cc1. The topological polar surface area (TPSA) is 49.2 Å². The average molecular weight is 382 g/mol. The number of methoxy groups -OCH3 is 2. The summed E-state index contributed by atoms with van der Waals surface area (Å²) >= 11 is 1.67. The summed E-state index contributed by atoms with van der Waals surface area (Å²) in [6, 6.07) is 14.1. The van der Waals surface area contributed by atoms with Gasteiger partial charge in [0.1, 0.15) is 11.5 Å². The largest absolute Gasteiger partial charge is 0.497 e. The van der Waals surface area contributed by atoms with Gasteiger partial charge in [0, 0.05) is 11.3 Å².